The summed E-state index contributed by atoms with van der Waals surface area (Å²) in [6.45, 7) is 3.87. The van der Waals surface area contributed by atoms with E-state index in [-0.39, 0.29) is 23.6 Å². The Morgan fingerprint density at radius 2 is 2.18 bits per heavy atom. The number of hydrogen-bond donors (Lipinski definition) is 3. The number of amides is 2. The summed E-state index contributed by atoms with van der Waals surface area (Å²) < 4.78 is 11.3. The largest absolute Gasteiger partial charge is 0.457 e. The van der Waals surface area contributed by atoms with Crippen molar-refractivity contribution in [3.8, 4) is 11.5 Å². The molecule has 1 atom stereocenters. The highest BCUT2D eigenvalue weighted by Gasteiger charge is 2.17. The Labute approximate surface area is 163 Å². The molecule has 1 unspecified atom stereocenters. The molecule has 3 rings (SSSR count). The number of aryl methyl sites for hydroxylation is 1. The highest BCUT2D eigenvalue weighted by molar-refractivity contribution is 5.92. The van der Waals surface area contributed by atoms with Gasteiger partial charge in [-0.1, -0.05) is 6.07 Å². The average molecular weight is 384 g/mol. The monoisotopic (exact) mass is 384 g/mol. The maximum Gasteiger partial charge on any atom is 0.269 e. The van der Waals surface area contributed by atoms with Crippen LogP contribution < -0.4 is 20.7 Å². The predicted molar refractivity (Wildman–Crippen MR) is 105 cm³/mol. The lowest BCUT2D eigenvalue weighted by molar-refractivity contribution is -0.117. The van der Waals surface area contributed by atoms with Crippen LogP contribution >= 0.6 is 0 Å². The molecule has 1 aromatic carbocycles. The summed E-state index contributed by atoms with van der Waals surface area (Å²) in [6, 6.07) is 8.72. The minimum absolute atomic E-state index is 0.0230. The first-order chi connectivity index (χ1) is 13.5. The molecule has 0 saturated carbocycles. The lowest BCUT2D eigenvalue weighted by Gasteiger charge is -2.23. The molecule has 1 aliphatic heterocycles. The summed E-state index contributed by atoms with van der Waals surface area (Å²) in [4.78, 5) is 28.0. The van der Waals surface area contributed by atoms with Crippen molar-refractivity contribution in [3.63, 3.8) is 0 Å². The smallest absolute Gasteiger partial charge is 0.269 e. The Bertz CT molecular complexity index is 850. The number of hydrogen-bond acceptors (Lipinski definition) is 6. The average Bonchev–Trinajstić information content (AvgIpc) is 2.71. The van der Waals surface area contributed by atoms with Crippen LogP contribution in [0.4, 0.5) is 5.69 Å². The third kappa shape index (κ3) is 5.28. The molecule has 8 nitrogen and oxygen atoms in total. The van der Waals surface area contributed by atoms with Crippen molar-refractivity contribution in [1.82, 2.24) is 15.6 Å². The molecule has 1 saturated heterocycles. The van der Waals surface area contributed by atoms with Crippen LogP contribution in [0.5, 0.6) is 11.5 Å². The number of aromatic nitrogens is 1. The Hall–Kier alpha value is -2.97. The molecular weight excluding hydrogens is 360 g/mol. The predicted octanol–water partition coefficient (Wildman–Crippen LogP) is 1.86. The van der Waals surface area contributed by atoms with Gasteiger partial charge < -0.3 is 25.4 Å². The number of carbonyl (C=O) groups excluding carboxylic acids is 2. The van der Waals surface area contributed by atoms with Crippen molar-refractivity contribution < 1.29 is 19.1 Å². The second-order valence-corrected chi connectivity index (χ2v) is 6.52. The fraction of sp³-hybridized carbons (Fsp3) is 0.350. The summed E-state index contributed by atoms with van der Waals surface area (Å²) in [6.07, 6.45) is 1.85. The van der Waals surface area contributed by atoms with Gasteiger partial charge in [0.05, 0.1) is 13.2 Å². The highest BCUT2D eigenvalue weighted by atomic mass is 16.5. The summed E-state index contributed by atoms with van der Waals surface area (Å²) in [5.74, 6) is 0.696. The Kier molecular flexibility index (Phi) is 6.57. The van der Waals surface area contributed by atoms with Crippen molar-refractivity contribution in [2.24, 2.45) is 0 Å². The summed E-state index contributed by atoms with van der Waals surface area (Å²) in [7, 11) is 1.54. The number of anilines is 1. The maximum absolute atomic E-state index is 12.3. The van der Waals surface area contributed by atoms with Gasteiger partial charge in [0.2, 0.25) is 5.91 Å². The summed E-state index contributed by atoms with van der Waals surface area (Å²) in [5.41, 5.74) is 1.81. The van der Waals surface area contributed by atoms with Gasteiger partial charge >= 0.3 is 0 Å². The van der Waals surface area contributed by atoms with Gasteiger partial charge in [0.25, 0.3) is 5.91 Å². The quantitative estimate of drug-likeness (QED) is 0.703. The number of benzene rings is 1. The Morgan fingerprint density at radius 3 is 2.93 bits per heavy atom. The molecule has 2 heterocycles. The molecule has 2 aromatic rings. The Morgan fingerprint density at radius 1 is 1.32 bits per heavy atom. The van der Waals surface area contributed by atoms with Crippen molar-refractivity contribution in [2.45, 2.75) is 19.4 Å². The molecule has 0 aliphatic carbocycles. The molecule has 2 amide bonds. The van der Waals surface area contributed by atoms with E-state index in [4.69, 9.17) is 9.47 Å². The molecule has 1 aromatic heterocycles. The van der Waals surface area contributed by atoms with Gasteiger partial charge in [-0.15, -0.1) is 0 Å². The molecular formula is C20H24N4O4. The van der Waals surface area contributed by atoms with Crippen LogP contribution in [0, 0.1) is 6.92 Å². The van der Waals surface area contributed by atoms with E-state index in [9.17, 15) is 9.59 Å². The zero-order valence-corrected chi connectivity index (χ0v) is 16.0. The number of rotatable bonds is 6. The van der Waals surface area contributed by atoms with Gasteiger partial charge in [0, 0.05) is 50.1 Å². The Balaban J connectivity index is 1.67. The molecule has 148 valence electrons. The minimum atomic E-state index is -0.288. The fourth-order valence-electron chi connectivity index (χ4n) is 2.83. The lowest BCUT2D eigenvalue weighted by atomic mass is 10.1. The number of carbonyl (C=O) groups is 2. The van der Waals surface area contributed by atoms with E-state index in [0.717, 1.165) is 12.1 Å². The highest BCUT2D eigenvalue weighted by Crippen LogP contribution is 2.28. The molecule has 8 heteroatoms. The van der Waals surface area contributed by atoms with E-state index < -0.39 is 0 Å². The topological polar surface area (TPSA) is 102 Å². The first kappa shape index (κ1) is 19.8. The fourth-order valence-corrected chi connectivity index (χ4v) is 2.83. The van der Waals surface area contributed by atoms with E-state index in [1.807, 2.05) is 19.1 Å². The first-order valence-corrected chi connectivity index (χ1v) is 9.13. The number of nitrogens with zero attached hydrogens (tertiary/aromatic N) is 1. The van der Waals surface area contributed by atoms with E-state index in [0.29, 0.717) is 36.8 Å². The van der Waals surface area contributed by atoms with Crippen molar-refractivity contribution in [3.05, 3.63) is 47.8 Å². The summed E-state index contributed by atoms with van der Waals surface area (Å²) in [5, 5.41) is 8.68. The van der Waals surface area contributed by atoms with Crippen molar-refractivity contribution >= 4 is 17.5 Å². The third-order valence-corrected chi connectivity index (χ3v) is 4.32. The van der Waals surface area contributed by atoms with Crippen LogP contribution in [0.15, 0.2) is 36.5 Å². The van der Waals surface area contributed by atoms with Crippen molar-refractivity contribution in [2.75, 3.05) is 32.1 Å². The van der Waals surface area contributed by atoms with Crippen LogP contribution in [-0.2, 0) is 9.53 Å². The van der Waals surface area contributed by atoms with Crippen LogP contribution in [0.1, 0.15) is 22.5 Å². The minimum Gasteiger partial charge on any atom is -0.457 e. The van der Waals surface area contributed by atoms with Gasteiger partial charge in [-0.3, -0.25) is 14.6 Å². The van der Waals surface area contributed by atoms with Gasteiger partial charge in [-0.05, 0) is 24.6 Å². The molecule has 28 heavy (non-hydrogen) atoms. The normalized spacial score (nSPS) is 16.3. The van der Waals surface area contributed by atoms with E-state index in [1.54, 1.807) is 25.2 Å². The molecule has 0 bridgehead atoms. The van der Waals surface area contributed by atoms with Crippen LogP contribution in [0.3, 0.4) is 0 Å². The zero-order chi connectivity index (χ0) is 19.9. The van der Waals surface area contributed by atoms with Crippen molar-refractivity contribution in [1.29, 1.82) is 0 Å². The second-order valence-electron chi connectivity index (χ2n) is 6.52. The van der Waals surface area contributed by atoms with E-state index in [2.05, 4.69) is 20.9 Å². The van der Waals surface area contributed by atoms with Gasteiger partial charge in [-0.25, -0.2) is 0 Å². The van der Waals surface area contributed by atoms with Crippen LogP contribution in [0.25, 0.3) is 0 Å². The number of pyridine rings is 1. The third-order valence-electron chi connectivity index (χ3n) is 4.32. The van der Waals surface area contributed by atoms with E-state index >= 15 is 0 Å². The summed E-state index contributed by atoms with van der Waals surface area (Å²) >= 11 is 0. The molecule has 0 radical (unpaired) electrons. The van der Waals surface area contributed by atoms with Gasteiger partial charge in [-0.2, -0.15) is 0 Å². The van der Waals surface area contributed by atoms with Gasteiger partial charge in [0.15, 0.2) is 0 Å². The number of morpholine rings is 1. The first-order valence-electron chi connectivity index (χ1n) is 9.13. The number of ether oxygens (including phenoxy) is 2. The molecule has 3 N–H and O–H groups in total. The maximum atomic E-state index is 12.3. The van der Waals surface area contributed by atoms with E-state index in [1.165, 1.54) is 6.20 Å². The zero-order valence-electron chi connectivity index (χ0n) is 16.0. The second kappa shape index (κ2) is 9.29. The van der Waals surface area contributed by atoms with Crippen LogP contribution in [0.2, 0.25) is 0 Å². The standard InChI is InChI=1S/C20H24N4O4/c1-13-3-4-14(24-19(25)10-15-12-27-8-7-22-15)9-18(13)28-16-5-6-23-17(11-16)20(26)21-2/h3-6,9,11,15,22H,7-8,10,12H2,1-2H3,(H,21,26)(H,24,25). The van der Waals surface area contributed by atoms with Crippen LogP contribution in [-0.4, -0.2) is 49.6 Å². The molecule has 0 spiro atoms. The molecule has 1 aliphatic rings. The lowest BCUT2D eigenvalue weighted by Crippen LogP contribution is -2.43. The number of nitrogens with one attached hydrogen (secondary N) is 3. The molecule has 1 fully saturated rings. The van der Waals surface area contributed by atoms with Gasteiger partial charge in [0.1, 0.15) is 17.2 Å². The SMILES string of the molecule is CNC(=O)c1cc(Oc2cc(NC(=O)CC3COCCN3)ccc2C)ccn1.